The van der Waals surface area contributed by atoms with Crippen LogP contribution in [0.3, 0.4) is 0 Å². The number of ketones is 1. The van der Waals surface area contributed by atoms with E-state index in [0.29, 0.717) is 17.0 Å². The van der Waals surface area contributed by atoms with Crippen LogP contribution in [-0.4, -0.2) is 21.4 Å². The Kier molecular flexibility index (Phi) is 2.55. The van der Waals surface area contributed by atoms with Gasteiger partial charge in [-0.25, -0.2) is 0 Å². The zero-order valence-electron chi connectivity index (χ0n) is 8.40. The monoisotopic (exact) mass is 195 g/mol. The topological polar surface area (TPSA) is 99.3 Å². The smallest absolute Gasteiger partial charge is 0.178 e. The summed E-state index contributed by atoms with van der Waals surface area (Å²) in [6.07, 6.45) is 0. The average molecular weight is 195 g/mol. The molecule has 6 nitrogen and oxygen atoms in total. The zero-order chi connectivity index (χ0) is 10.9. The normalized spacial score (nSPS) is 11.8. The van der Waals surface area contributed by atoms with Crippen LogP contribution in [0.1, 0.15) is 28.7 Å². The minimum atomic E-state index is -0.116. The van der Waals surface area contributed by atoms with Crippen molar-refractivity contribution in [3.05, 3.63) is 17.0 Å². The molecule has 6 heteroatoms. The highest BCUT2D eigenvalue weighted by molar-refractivity contribution is 6.08. The fourth-order valence-electron chi connectivity index (χ4n) is 1.43. The van der Waals surface area contributed by atoms with Gasteiger partial charge in [-0.1, -0.05) is 0 Å². The molecule has 0 aliphatic rings. The number of aromatic nitrogens is 2. The second-order valence-corrected chi connectivity index (χ2v) is 3.00. The Morgan fingerprint density at radius 1 is 1.57 bits per heavy atom. The molecule has 1 heterocycles. The summed E-state index contributed by atoms with van der Waals surface area (Å²) in [6, 6.07) is 0. The third-order valence-electron chi connectivity index (χ3n) is 1.95. The molecular formula is C8H13N5O. The highest BCUT2D eigenvalue weighted by atomic mass is 16.1. The number of carbonyl (C=O) groups excluding carboxylic acids is 1. The number of nitrogens with zero attached hydrogens (tertiary/aromatic N) is 3. The molecule has 76 valence electrons. The molecule has 4 N–H and O–H groups in total. The predicted molar refractivity (Wildman–Crippen MR) is 52.9 cm³/mol. The van der Waals surface area contributed by atoms with Crippen LogP contribution in [0.25, 0.3) is 0 Å². The van der Waals surface area contributed by atoms with Gasteiger partial charge in [-0.15, -0.1) is 0 Å². The van der Waals surface area contributed by atoms with Crippen LogP contribution in [-0.2, 0) is 7.05 Å². The Morgan fingerprint density at radius 3 is 2.57 bits per heavy atom. The predicted octanol–water partition coefficient (Wildman–Crippen LogP) is -0.490. The molecule has 0 atom stereocenters. The molecule has 0 amide bonds. The minimum Gasteiger partial charge on any atom is -0.382 e. The van der Waals surface area contributed by atoms with Gasteiger partial charge in [-0.3, -0.25) is 9.48 Å². The molecule has 1 rings (SSSR count). The molecule has 0 aromatic carbocycles. The van der Waals surface area contributed by atoms with E-state index in [9.17, 15) is 4.79 Å². The minimum absolute atomic E-state index is 0.116. The lowest BCUT2D eigenvalue weighted by molar-refractivity contribution is 0.100. The van der Waals surface area contributed by atoms with Crippen LogP contribution >= 0.6 is 0 Å². The lowest BCUT2D eigenvalue weighted by Crippen LogP contribution is -2.19. The quantitative estimate of drug-likeness (QED) is 0.219. The van der Waals surface area contributed by atoms with Crippen LogP contribution in [0.5, 0.6) is 0 Å². The van der Waals surface area contributed by atoms with Gasteiger partial charge in [0.25, 0.3) is 0 Å². The Hall–Kier alpha value is -1.85. The molecule has 0 radical (unpaired) electrons. The molecule has 0 fully saturated rings. The van der Waals surface area contributed by atoms with E-state index < -0.39 is 0 Å². The second-order valence-electron chi connectivity index (χ2n) is 3.00. The van der Waals surface area contributed by atoms with Gasteiger partial charge >= 0.3 is 0 Å². The summed E-state index contributed by atoms with van der Waals surface area (Å²) in [4.78, 5) is 11.3. The van der Waals surface area contributed by atoms with Crippen molar-refractivity contribution < 1.29 is 4.79 Å². The van der Waals surface area contributed by atoms with Crippen LogP contribution in [0, 0.1) is 6.92 Å². The number of hydrogen-bond donors (Lipinski definition) is 2. The molecule has 0 bridgehead atoms. The maximum absolute atomic E-state index is 11.3. The van der Waals surface area contributed by atoms with Gasteiger partial charge in [0.2, 0.25) is 0 Å². The van der Waals surface area contributed by atoms with Gasteiger partial charge in [0.1, 0.15) is 5.69 Å². The summed E-state index contributed by atoms with van der Waals surface area (Å²) in [7, 11) is 1.68. The summed E-state index contributed by atoms with van der Waals surface area (Å²) in [5, 5.41) is 7.45. The van der Waals surface area contributed by atoms with Crippen molar-refractivity contribution in [2.24, 2.45) is 23.7 Å². The standard InChI is InChI=1S/C8H13N5O/c1-4-6(8(9)11-10)7(5(2)14)13(3)12-4/h10H2,1-3H3,(H2,9,11). The number of hydrazone groups is 1. The van der Waals surface area contributed by atoms with Gasteiger partial charge in [-0.2, -0.15) is 10.2 Å². The van der Waals surface area contributed by atoms with Crippen molar-refractivity contribution in [3.8, 4) is 0 Å². The highest BCUT2D eigenvalue weighted by Crippen LogP contribution is 2.12. The van der Waals surface area contributed by atoms with E-state index in [1.807, 2.05) is 0 Å². The van der Waals surface area contributed by atoms with Gasteiger partial charge in [0.15, 0.2) is 11.6 Å². The Balaban J connectivity index is 3.47. The summed E-state index contributed by atoms with van der Waals surface area (Å²) in [5.41, 5.74) is 7.15. The summed E-state index contributed by atoms with van der Waals surface area (Å²) < 4.78 is 1.48. The van der Waals surface area contributed by atoms with Crippen LogP contribution in [0.2, 0.25) is 0 Å². The third kappa shape index (κ3) is 1.46. The first-order valence-electron chi connectivity index (χ1n) is 4.07. The molecular weight excluding hydrogens is 182 g/mol. The van der Waals surface area contributed by atoms with E-state index in [4.69, 9.17) is 11.6 Å². The number of hydrogen-bond acceptors (Lipinski definition) is 4. The van der Waals surface area contributed by atoms with E-state index in [0.717, 1.165) is 0 Å². The maximum atomic E-state index is 11.3. The highest BCUT2D eigenvalue weighted by Gasteiger charge is 2.19. The van der Waals surface area contributed by atoms with E-state index >= 15 is 0 Å². The van der Waals surface area contributed by atoms with E-state index in [1.54, 1.807) is 14.0 Å². The first kappa shape index (κ1) is 10.2. The third-order valence-corrected chi connectivity index (χ3v) is 1.95. The first-order chi connectivity index (χ1) is 6.49. The molecule has 1 aromatic rings. The first-order valence-corrected chi connectivity index (χ1v) is 4.07. The molecule has 0 saturated carbocycles. The largest absolute Gasteiger partial charge is 0.382 e. The van der Waals surface area contributed by atoms with Crippen molar-refractivity contribution in [2.75, 3.05) is 0 Å². The fourth-order valence-corrected chi connectivity index (χ4v) is 1.43. The van der Waals surface area contributed by atoms with Crippen LogP contribution < -0.4 is 11.6 Å². The molecule has 14 heavy (non-hydrogen) atoms. The van der Waals surface area contributed by atoms with Crippen molar-refractivity contribution in [1.29, 1.82) is 0 Å². The summed E-state index contributed by atoms with van der Waals surface area (Å²) in [5.74, 6) is 5.08. The van der Waals surface area contributed by atoms with Crippen molar-refractivity contribution in [3.63, 3.8) is 0 Å². The molecule has 1 aromatic heterocycles. The van der Waals surface area contributed by atoms with Crippen molar-refractivity contribution in [1.82, 2.24) is 9.78 Å². The number of Topliss-reactive ketones (excluding diaryl/α,β-unsaturated/α-hetero) is 1. The SMILES string of the molecule is CC(=O)c1c(/C(N)=N\N)c(C)nn1C. The van der Waals surface area contributed by atoms with Gasteiger partial charge in [-0.05, 0) is 6.92 Å². The van der Waals surface area contributed by atoms with Crippen molar-refractivity contribution in [2.45, 2.75) is 13.8 Å². The molecule has 0 saturated heterocycles. The van der Waals surface area contributed by atoms with E-state index in [1.165, 1.54) is 11.6 Å². The fraction of sp³-hybridized carbons (Fsp3) is 0.375. The summed E-state index contributed by atoms with van der Waals surface area (Å²) >= 11 is 0. The maximum Gasteiger partial charge on any atom is 0.178 e. The zero-order valence-corrected chi connectivity index (χ0v) is 8.40. The van der Waals surface area contributed by atoms with E-state index in [-0.39, 0.29) is 11.6 Å². The molecule has 0 aliphatic heterocycles. The molecule has 0 unspecified atom stereocenters. The number of nitrogens with two attached hydrogens (primary N) is 2. The lowest BCUT2D eigenvalue weighted by atomic mass is 10.1. The van der Waals surface area contributed by atoms with Crippen LogP contribution in [0.4, 0.5) is 0 Å². The Morgan fingerprint density at radius 2 is 2.14 bits per heavy atom. The Bertz CT molecular complexity index is 404. The Labute approximate surface area is 81.6 Å². The number of aryl methyl sites for hydroxylation is 2. The molecule has 0 spiro atoms. The van der Waals surface area contributed by atoms with Crippen molar-refractivity contribution >= 4 is 11.6 Å². The van der Waals surface area contributed by atoms with Gasteiger partial charge in [0.05, 0.1) is 11.3 Å². The number of amidine groups is 1. The average Bonchev–Trinajstić information content (AvgIpc) is 2.39. The number of rotatable bonds is 2. The van der Waals surface area contributed by atoms with Gasteiger partial charge < -0.3 is 11.6 Å². The second kappa shape index (κ2) is 3.49. The molecule has 0 aliphatic carbocycles. The number of carbonyl (C=O) groups is 1. The lowest BCUT2D eigenvalue weighted by Gasteiger charge is -2.00. The summed E-state index contributed by atoms with van der Waals surface area (Å²) in [6.45, 7) is 3.20. The van der Waals surface area contributed by atoms with Crippen LogP contribution in [0.15, 0.2) is 5.10 Å². The van der Waals surface area contributed by atoms with Gasteiger partial charge in [0, 0.05) is 14.0 Å². The van der Waals surface area contributed by atoms with E-state index in [2.05, 4.69) is 10.2 Å².